The summed E-state index contributed by atoms with van der Waals surface area (Å²) >= 11 is 11.6. The van der Waals surface area contributed by atoms with Crippen molar-refractivity contribution in [3.63, 3.8) is 0 Å². The summed E-state index contributed by atoms with van der Waals surface area (Å²) in [4.78, 5) is 37.4. The molecule has 0 fully saturated rings. The Kier molecular flexibility index (Phi) is 3.27. The second-order valence-corrected chi connectivity index (χ2v) is 5.24. The predicted octanol–water partition coefficient (Wildman–Crippen LogP) is 3.43. The van der Waals surface area contributed by atoms with Crippen molar-refractivity contribution in [2.24, 2.45) is 0 Å². The van der Waals surface area contributed by atoms with E-state index in [9.17, 15) is 14.4 Å². The molecule has 2 aromatic rings. The highest BCUT2D eigenvalue weighted by atomic mass is 35.5. The molecule has 0 unspecified atom stereocenters. The zero-order chi connectivity index (χ0) is 15.1. The van der Waals surface area contributed by atoms with Gasteiger partial charge in [-0.1, -0.05) is 35.3 Å². The van der Waals surface area contributed by atoms with Crippen molar-refractivity contribution in [1.29, 1.82) is 0 Å². The lowest BCUT2D eigenvalue weighted by Gasteiger charge is -2.12. The smallest absolute Gasteiger partial charge is 0.268 e. The Morgan fingerprint density at radius 2 is 1.43 bits per heavy atom. The Balaban J connectivity index is 2.02. The van der Waals surface area contributed by atoms with E-state index in [4.69, 9.17) is 23.2 Å². The Labute approximate surface area is 129 Å². The Morgan fingerprint density at radius 3 is 1.95 bits per heavy atom. The molecule has 0 saturated heterocycles. The van der Waals surface area contributed by atoms with Gasteiger partial charge in [-0.15, -0.1) is 0 Å². The molecule has 0 aromatic heterocycles. The second-order valence-electron chi connectivity index (χ2n) is 4.43. The van der Waals surface area contributed by atoms with E-state index in [2.05, 4.69) is 0 Å². The number of imide groups is 3. The lowest BCUT2D eigenvalue weighted by molar-refractivity contribution is 0.0566. The van der Waals surface area contributed by atoms with Gasteiger partial charge in [0.1, 0.15) is 0 Å². The number of nitrogens with zero attached hydrogens (tertiary/aromatic N) is 1. The molecule has 0 saturated carbocycles. The molecular formula is C15H7Cl2NO3. The number of rotatable bonds is 1. The number of carbonyl (C=O) groups is 3. The maximum Gasteiger partial charge on any atom is 0.268 e. The fourth-order valence-electron chi connectivity index (χ4n) is 2.13. The van der Waals surface area contributed by atoms with Crippen LogP contribution in [0.1, 0.15) is 31.1 Å². The van der Waals surface area contributed by atoms with Crippen LogP contribution in [0, 0.1) is 0 Å². The van der Waals surface area contributed by atoms with E-state index in [-0.39, 0.29) is 26.7 Å². The Bertz CT molecular complexity index is 766. The van der Waals surface area contributed by atoms with Crippen LogP contribution < -0.4 is 0 Å². The predicted molar refractivity (Wildman–Crippen MR) is 77.7 cm³/mol. The van der Waals surface area contributed by atoms with E-state index < -0.39 is 17.7 Å². The SMILES string of the molecule is O=C(c1ccc(Cl)c(Cl)c1)N1C(=O)c2ccccc2C1=O. The fourth-order valence-corrected chi connectivity index (χ4v) is 2.43. The molecule has 1 aliphatic rings. The molecule has 0 bridgehead atoms. The van der Waals surface area contributed by atoms with Gasteiger partial charge in [0, 0.05) is 5.56 Å². The molecule has 0 aliphatic carbocycles. The molecule has 1 heterocycles. The van der Waals surface area contributed by atoms with E-state index in [1.807, 2.05) is 0 Å². The van der Waals surface area contributed by atoms with Gasteiger partial charge in [0.15, 0.2) is 0 Å². The normalized spacial score (nSPS) is 13.5. The maximum atomic E-state index is 12.4. The summed E-state index contributed by atoms with van der Waals surface area (Å²) in [5, 5.41) is 0.467. The minimum absolute atomic E-state index is 0.124. The van der Waals surface area contributed by atoms with E-state index in [0.717, 1.165) is 0 Å². The van der Waals surface area contributed by atoms with Gasteiger partial charge in [0.05, 0.1) is 21.2 Å². The zero-order valence-corrected chi connectivity index (χ0v) is 12.0. The molecule has 2 aromatic carbocycles. The van der Waals surface area contributed by atoms with Gasteiger partial charge in [-0.2, -0.15) is 0 Å². The van der Waals surface area contributed by atoms with Gasteiger partial charge >= 0.3 is 0 Å². The number of carbonyl (C=O) groups excluding carboxylic acids is 3. The Morgan fingerprint density at radius 1 is 0.857 bits per heavy atom. The van der Waals surface area contributed by atoms with Crippen molar-refractivity contribution >= 4 is 40.9 Å². The first-order valence-corrected chi connectivity index (χ1v) is 6.73. The number of halogens is 2. The van der Waals surface area contributed by atoms with Crippen molar-refractivity contribution in [2.75, 3.05) is 0 Å². The van der Waals surface area contributed by atoms with Crippen LogP contribution in [0.15, 0.2) is 42.5 Å². The molecule has 1 aliphatic heterocycles. The highest BCUT2D eigenvalue weighted by Crippen LogP contribution is 2.27. The lowest BCUT2D eigenvalue weighted by Crippen LogP contribution is -2.36. The first-order valence-electron chi connectivity index (χ1n) is 5.98. The van der Waals surface area contributed by atoms with Crippen molar-refractivity contribution < 1.29 is 14.4 Å². The molecular weight excluding hydrogens is 313 g/mol. The van der Waals surface area contributed by atoms with Gasteiger partial charge in [-0.3, -0.25) is 14.4 Å². The summed E-state index contributed by atoms with van der Waals surface area (Å²) in [7, 11) is 0. The summed E-state index contributed by atoms with van der Waals surface area (Å²) in [5.41, 5.74) is 0.561. The topological polar surface area (TPSA) is 54.5 Å². The summed E-state index contributed by atoms with van der Waals surface area (Å²) in [5.74, 6) is -1.99. The van der Waals surface area contributed by atoms with Gasteiger partial charge in [-0.05, 0) is 30.3 Å². The average Bonchev–Trinajstić information content (AvgIpc) is 2.74. The van der Waals surface area contributed by atoms with E-state index in [1.165, 1.54) is 30.3 Å². The molecule has 3 rings (SSSR count). The molecule has 3 amide bonds. The quantitative estimate of drug-likeness (QED) is 0.757. The molecule has 0 atom stereocenters. The highest BCUT2D eigenvalue weighted by Gasteiger charge is 2.39. The third kappa shape index (κ3) is 2.13. The zero-order valence-electron chi connectivity index (χ0n) is 10.5. The van der Waals surface area contributed by atoms with Crippen molar-refractivity contribution in [1.82, 2.24) is 4.90 Å². The first-order chi connectivity index (χ1) is 10.0. The molecule has 104 valence electrons. The van der Waals surface area contributed by atoms with Crippen LogP contribution >= 0.6 is 23.2 Å². The number of benzene rings is 2. The monoisotopic (exact) mass is 319 g/mol. The number of fused-ring (bicyclic) bond motifs is 1. The minimum Gasteiger partial charge on any atom is -0.268 e. The van der Waals surface area contributed by atoms with Crippen molar-refractivity contribution in [3.8, 4) is 0 Å². The highest BCUT2D eigenvalue weighted by molar-refractivity contribution is 6.42. The maximum absolute atomic E-state index is 12.4. The fraction of sp³-hybridized carbons (Fsp3) is 0. The van der Waals surface area contributed by atoms with Crippen LogP contribution in [0.5, 0.6) is 0 Å². The third-order valence-corrected chi connectivity index (χ3v) is 3.90. The third-order valence-electron chi connectivity index (χ3n) is 3.16. The van der Waals surface area contributed by atoms with Gasteiger partial charge in [0.2, 0.25) is 0 Å². The molecule has 6 heteroatoms. The van der Waals surface area contributed by atoms with Crippen LogP contribution in [-0.2, 0) is 0 Å². The summed E-state index contributed by atoms with van der Waals surface area (Å²) < 4.78 is 0. The van der Waals surface area contributed by atoms with Crippen LogP contribution in [0.25, 0.3) is 0 Å². The minimum atomic E-state index is -0.722. The van der Waals surface area contributed by atoms with Gasteiger partial charge in [0.25, 0.3) is 17.7 Å². The molecule has 0 N–H and O–H groups in total. The molecule has 0 radical (unpaired) electrons. The lowest BCUT2D eigenvalue weighted by atomic mass is 10.1. The molecule has 4 nitrogen and oxygen atoms in total. The van der Waals surface area contributed by atoms with Crippen molar-refractivity contribution in [3.05, 3.63) is 69.2 Å². The van der Waals surface area contributed by atoms with E-state index in [1.54, 1.807) is 12.1 Å². The van der Waals surface area contributed by atoms with Crippen LogP contribution in [0.4, 0.5) is 0 Å². The first kappa shape index (κ1) is 13.8. The van der Waals surface area contributed by atoms with Gasteiger partial charge < -0.3 is 0 Å². The average molecular weight is 320 g/mol. The van der Waals surface area contributed by atoms with E-state index in [0.29, 0.717) is 4.90 Å². The van der Waals surface area contributed by atoms with Crippen LogP contribution in [-0.4, -0.2) is 22.6 Å². The molecule has 21 heavy (non-hydrogen) atoms. The summed E-state index contributed by atoms with van der Waals surface area (Å²) in [6, 6.07) is 10.5. The van der Waals surface area contributed by atoms with Crippen molar-refractivity contribution in [2.45, 2.75) is 0 Å². The Hall–Kier alpha value is -2.17. The largest absolute Gasteiger partial charge is 0.268 e. The standard InChI is InChI=1S/C15H7Cl2NO3/c16-11-6-5-8(7-12(11)17)13(19)18-14(20)9-3-1-2-4-10(9)15(18)21/h1-7H. The van der Waals surface area contributed by atoms with Gasteiger partial charge in [-0.25, -0.2) is 4.90 Å². The summed E-state index contributed by atoms with van der Waals surface area (Å²) in [6.45, 7) is 0. The second kappa shape index (κ2) is 4.98. The molecule has 0 spiro atoms. The number of amides is 3. The van der Waals surface area contributed by atoms with E-state index >= 15 is 0 Å². The number of hydrogen-bond acceptors (Lipinski definition) is 3. The van der Waals surface area contributed by atoms with Crippen LogP contribution in [0.2, 0.25) is 10.0 Å². The number of hydrogen-bond donors (Lipinski definition) is 0. The van der Waals surface area contributed by atoms with Crippen LogP contribution in [0.3, 0.4) is 0 Å². The summed E-state index contributed by atoms with van der Waals surface area (Å²) in [6.07, 6.45) is 0.